The van der Waals surface area contributed by atoms with E-state index in [0.29, 0.717) is 11.6 Å². The van der Waals surface area contributed by atoms with Gasteiger partial charge in [-0.25, -0.2) is 0 Å². The van der Waals surface area contributed by atoms with Crippen molar-refractivity contribution < 1.29 is 4.79 Å². The number of nitrogens with zero attached hydrogens (tertiary/aromatic N) is 1. The van der Waals surface area contributed by atoms with E-state index in [1.54, 1.807) is 19.3 Å². The Hall–Kier alpha value is -1.88. The monoisotopic (exact) mass is 274 g/mol. The van der Waals surface area contributed by atoms with Crippen LogP contribution in [-0.2, 0) is 7.05 Å². The predicted octanol–water partition coefficient (Wildman–Crippen LogP) is 2.58. The van der Waals surface area contributed by atoms with Crippen LogP contribution in [0.4, 0.5) is 5.69 Å². The van der Waals surface area contributed by atoms with Crippen LogP contribution in [0.15, 0.2) is 34.6 Å². The van der Waals surface area contributed by atoms with Gasteiger partial charge in [0, 0.05) is 19.3 Å². The van der Waals surface area contributed by atoms with E-state index in [-0.39, 0.29) is 11.5 Å². The highest BCUT2D eigenvalue weighted by Gasteiger charge is 2.28. The van der Waals surface area contributed by atoms with Crippen molar-refractivity contribution in [2.75, 3.05) is 5.32 Å². The van der Waals surface area contributed by atoms with E-state index < -0.39 is 0 Å². The number of hydrogen-bond donors (Lipinski definition) is 1. The molecule has 1 saturated carbocycles. The Balaban J connectivity index is 1.82. The first-order valence-electron chi connectivity index (χ1n) is 6.20. The summed E-state index contributed by atoms with van der Waals surface area (Å²) in [7, 11) is 1.67. The largest absolute Gasteiger partial charge is 0.320 e. The van der Waals surface area contributed by atoms with Gasteiger partial charge in [0.15, 0.2) is 0 Å². The maximum Gasteiger partial charge on any atom is 0.266 e. The average molecular weight is 274 g/mol. The van der Waals surface area contributed by atoms with Crippen LogP contribution in [0, 0.1) is 0 Å². The average Bonchev–Trinajstić information content (AvgIpc) is 3.11. The molecule has 0 unspecified atom stereocenters. The molecule has 3 rings (SSSR count). The number of carbonyl (C=O) groups excluding carboxylic acids is 1. The number of rotatable bonds is 3. The summed E-state index contributed by atoms with van der Waals surface area (Å²) in [4.78, 5) is 24.3. The Bertz CT molecular complexity index is 683. The Kier molecular flexibility index (Phi) is 2.98. The minimum atomic E-state index is -0.0900. The van der Waals surface area contributed by atoms with Crippen molar-refractivity contribution in [3.05, 3.63) is 50.6 Å². The summed E-state index contributed by atoms with van der Waals surface area (Å²) < 4.78 is 1.45. The second-order valence-corrected chi connectivity index (χ2v) is 5.72. The second-order valence-electron chi connectivity index (χ2n) is 4.80. The van der Waals surface area contributed by atoms with Crippen molar-refractivity contribution in [1.29, 1.82) is 0 Å². The molecule has 1 fully saturated rings. The van der Waals surface area contributed by atoms with E-state index in [9.17, 15) is 9.59 Å². The van der Waals surface area contributed by atoms with Crippen molar-refractivity contribution in [1.82, 2.24) is 4.57 Å². The van der Waals surface area contributed by atoms with Gasteiger partial charge in [0.05, 0.1) is 10.6 Å². The van der Waals surface area contributed by atoms with Crippen molar-refractivity contribution in [3.8, 4) is 0 Å². The van der Waals surface area contributed by atoms with Crippen LogP contribution < -0.4 is 10.9 Å². The Labute approximate surface area is 114 Å². The van der Waals surface area contributed by atoms with Gasteiger partial charge in [-0.15, -0.1) is 11.3 Å². The summed E-state index contributed by atoms with van der Waals surface area (Å²) in [6.07, 6.45) is 3.98. The molecule has 4 nitrogen and oxygen atoms in total. The molecule has 0 saturated heterocycles. The number of pyridine rings is 1. The van der Waals surface area contributed by atoms with Gasteiger partial charge in [0.25, 0.3) is 5.91 Å². The first-order valence-corrected chi connectivity index (χ1v) is 7.08. The van der Waals surface area contributed by atoms with E-state index in [1.165, 1.54) is 34.8 Å². The van der Waals surface area contributed by atoms with Crippen LogP contribution in [0.2, 0.25) is 0 Å². The maximum absolute atomic E-state index is 12.2. The van der Waals surface area contributed by atoms with Crippen LogP contribution >= 0.6 is 11.3 Å². The maximum atomic E-state index is 12.2. The molecule has 2 heterocycles. The standard InChI is InChI=1S/C14H14N2O2S/c1-16-8-10(4-5-12(16)17)15-14(18)13-11(6-7-19-13)9-2-3-9/h4-9H,2-3H2,1H3,(H,15,18). The fraction of sp³-hybridized carbons (Fsp3) is 0.286. The van der Waals surface area contributed by atoms with Crippen molar-refractivity contribution in [3.63, 3.8) is 0 Å². The number of aryl methyl sites for hydroxylation is 1. The van der Waals surface area contributed by atoms with Crippen LogP contribution in [-0.4, -0.2) is 10.5 Å². The zero-order valence-electron chi connectivity index (χ0n) is 10.6. The number of hydrogen-bond acceptors (Lipinski definition) is 3. The Morgan fingerprint density at radius 2 is 2.16 bits per heavy atom. The molecule has 0 aromatic carbocycles. The molecule has 1 aliphatic rings. The molecule has 19 heavy (non-hydrogen) atoms. The number of amides is 1. The molecular weight excluding hydrogens is 260 g/mol. The summed E-state index contributed by atoms with van der Waals surface area (Å²) in [5.41, 5.74) is 1.71. The summed E-state index contributed by atoms with van der Waals surface area (Å²) in [5, 5.41) is 4.81. The molecule has 0 aliphatic heterocycles. The normalized spacial score (nSPS) is 14.4. The number of aromatic nitrogens is 1. The van der Waals surface area contributed by atoms with Gasteiger partial charge in [-0.1, -0.05) is 0 Å². The zero-order chi connectivity index (χ0) is 13.4. The highest BCUT2D eigenvalue weighted by atomic mass is 32.1. The van der Waals surface area contributed by atoms with Crippen LogP contribution in [0.5, 0.6) is 0 Å². The molecule has 0 spiro atoms. The Morgan fingerprint density at radius 3 is 2.84 bits per heavy atom. The molecule has 0 bridgehead atoms. The van der Waals surface area contributed by atoms with Crippen molar-refractivity contribution in [2.45, 2.75) is 18.8 Å². The molecule has 5 heteroatoms. The third kappa shape index (κ3) is 2.46. The third-order valence-electron chi connectivity index (χ3n) is 3.26. The minimum Gasteiger partial charge on any atom is -0.320 e. The molecule has 0 atom stereocenters. The fourth-order valence-corrected chi connectivity index (χ4v) is 2.95. The molecule has 1 amide bonds. The first kappa shape index (κ1) is 12.2. The summed E-state index contributed by atoms with van der Waals surface area (Å²) in [6, 6.07) is 5.12. The zero-order valence-corrected chi connectivity index (χ0v) is 11.4. The third-order valence-corrected chi connectivity index (χ3v) is 4.19. The lowest BCUT2D eigenvalue weighted by Gasteiger charge is -2.06. The summed E-state index contributed by atoms with van der Waals surface area (Å²) >= 11 is 1.47. The second kappa shape index (κ2) is 4.66. The molecule has 0 radical (unpaired) electrons. The van der Waals surface area contributed by atoms with E-state index >= 15 is 0 Å². The van der Waals surface area contributed by atoms with Gasteiger partial charge < -0.3 is 9.88 Å². The number of carbonyl (C=O) groups is 1. The summed E-state index contributed by atoms with van der Waals surface area (Å²) in [5.74, 6) is 0.475. The SMILES string of the molecule is Cn1cc(NC(=O)c2sccc2C2CC2)ccc1=O. The van der Waals surface area contributed by atoms with Crippen LogP contribution in [0.1, 0.15) is 34.0 Å². The smallest absolute Gasteiger partial charge is 0.266 e. The molecule has 98 valence electrons. The lowest BCUT2D eigenvalue weighted by molar-refractivity contribution is 0.102. The van der Waals surface area contributed by atoms with Gasteiger partial charge in [0.2, 0.25) is 5.56 Å². The molecular formula is C14H14N2O2S. The molecule has 1 aliphatic carbocycles. The quantitative estimate of drug-likeness (QED) is 0.935. The highest BCUT2D eigenvalue weighted by Crippen LogP contribution is 2.43. The lowest BCUT2D eigenvalue weighted by Crippen LogP contribution is -2.18. The fourth-order valence-electron chi connectivity index (χ4n) is 2.08. The minimum absolute atomic E-state index is 0.0875. The van der Waals surface area contributed by atoms with E-state index in [1.807, 2.05) is 11.4 Å². The predicted molar refractivity (Wildman–Crippen MR) is 75.9 cm³/mol. The van der Waals surface area contributed by atoms with Crippen LogP contribution in [0.3, 0.4) is 0 Å². The first-order chi connectivity index (χ1) is 9.15. The van der Waals surface area contributed by atoms with Gasteiger partial charge in [-0.05, 0) is 41.8 Å². The van der Waals surface area contributed by atoms with Gasteiger partial charge >= 0.3 is 0 Å². The lowest BCUT2D eigenvalue weighted by atomic mass is 10.1. The van der Waals surface area contributed by atoms with Gasteiger partial charge in [-0.3, -0.25) is 9.59 Å². The summed E-state index contributed by atoms with van der Waals surface area (Å²) in [6.45, 7) is 0. The van der Waals surface area contributed by atoms with E-state index in [0.717, 1.165) is 10.4 Å². The number of anilines is 1. The number of nitrogens with one attached hydrogen (secondary N) is 1. The van der Waals surface area contributed by atoms with E-state index in [4.69, 9.17) is 0 Å². The van der Waals surface area contributed by atoms with Crippen molar-refractivity contribution in [2.24, 2.45) is 7.05 Å². The van der Waals surface area contributed by atoms with E-state index in [2.05, 4.69) is 5.32 Å². The highest BCUT2D eigenvalue weighted by molar-refractivity contribution is 7.12. The molecule has 2 aromatic rings. The van der Waals surface area contributed by atoms with Crippen LogP contribution in [0.25, 0.3) is 0 Å². The number of thiophene rings is 1. The topological polar surface area (TPSA) is 51.1 Å². The molecule has 2 aromatic heterocycles. The Morgan fingerprint density at radius 1 is 1.37 bits per heavy atom. The van der Waals surface area contributed by atoms with Gasteiger partial charge in [0.1, 0.15) is 0 Å². The van der Waals surface area contributed by atoms with Gasteiger partial charge in [-0.2, -0.15) is 0 Å². The molecule has 1 N–H and O–H groups in total. The van der Waals surface area contributed by atoms with Crippen molar-refractivity contribution >= 4 is 22.9 Å².